The molecule has 2 aromatic rings. The lowest BCUT2D eigenvalue weighted by Crippen LogP contribution is -1.97. The van der Waals surface area contributed by atoms with E-state index in [0.717, 1.165) is 17.2 Å². The van der Waals surface area contributed by atoms with E-state index in [-0.39, 0.29) is 0 Å². The van der Waals surface area contributed by atoms with Crippen molar-refractivity contribution in [2.24, 2.45) is 0 Å². The first-order valence-corrected chi connectivity index (χ1v) is 5.05. The average molecular weight is 215 g/mol. The minimum atomic E-state index is 0.466. The molecule has 0 saturated carbocycles. The van der Waals surface area contributed by atoms with Crippen LogP contribution in [0.25, 0.3) is 0 Å². The summed E-state index contributed by atoms with van der Waals surface area (Å²) in [6.07, 6.45) is 1.75. The van der Waals surface area contributed by atoms with E-state index < -0.39 is 0 Å². The fraction of sp³-hybridized carbons (Fsp3) is 0.154. The molecule has 16 heavy (non-hydrogen) atoms. The molecule has 0 aliphatic rings. The maximum Gasteiger partial charge on any atom is 0.130 e. The number of nitrogens with zero attached hydrogens (tertiary/aromatic N) is 1. The molecule has 0 amide bonds. The van der Waals surface area contributed by atoms with Crippen LogP contribution in [-0.4, -0.2) is 12.1 Å². The van der Waals surface area contributed by atoms with Crippen LogP contribution in [0.3, 0.4) is 0 Å². The Kier molecular flexibility index (Phi) is 3.38. The van der Waals surface area contributed by atoms with Crippen molar-refractivity contribution in [3.8, 4) is 11.5 Å². The first-order chi connectivity index (χ1) is 7.88. The Morgan fingerprint density at radius 2 is 1.94 bits per heavy atom. The minimum absolute atomic E-state index is 0.466. The third kappa shape index (κ3) is 2.73. The highest BCUT2D eigenvalue weighted by Gasteiger charge is 1.98. The molecule has 0 atom stereocenters. The molecule has 1 aromatic carbocycles. The topological polar surface area (TPSA) is 31.4 Å². The third-order valence-electron chi connectivity index (χ3n) is 2.15. The molecule has 0 N–H and O–H groups in total. The van der Waals surface area contributed by atoms with E-state index in [1.807, 2.05) is 42.5 Å². The number of aromatic nitrogens is 1. The van der Waals surface area contributed by atoms with E-state index in [9.17, 15) is 0 Å². The van der Waals surface area contributed by atoms with Crippen molar-refractivity contribution in [1.29, 1.82) is 0 Å². The summed E-state index contributed by atoms with van der Waals surface area (Å²) in [5.74, 6) is 1.57. The molecule has 3 nitrogen and oxygen atoms in total. The van der Waals surface area contributed by atoms with E-state index in [1.54, 1.807) is 13.3 Å². The van der Waals surface area contributed by atoms with Crippen LogP contribution in [0.1, 0.15) is 5.69 Å². The van der Waals surface area contributed by atoms with Crippen LogP contribution in [0.5, 0.6) is 11.5 Å². The van der Waals surface area contributed by atoms with E-state index in [2.05, 4.69) is 4.98 Å². The zero-order valence-electron chi connectivity index (χ0n) is 9.09. The van der Waals surface area contributed by atoms with Gasteiger partial charge in [-0.05, 0) is 24.3 Å². The van der Waals surface area contributed by atoms with Crippen molar-refractivity contribution in [3.63, 3.8) is 0 Å². The molecular weight excluding hydrogens is 202 g/mol. The largest absolute Gasteiger partial charge is 0.497 e. The Balaban J connectivity index is 1.99. The van der Waals surface area contributed by atoms with Gasteiger partial charge in [0.1, 0.15) is 18.1 Å². The number of methoxy groups -OCH3 is 1. The molecule has 82 valence electrons. The Labute approximate surface area is 94.7 Å². The predicted octanol–water partition coefficient (Wildman–Crippen LogP) is 2.67. The van der Waals surface area contributed by atoms with Gasteiger partial charge in [0, 0.05) is 12.3 Å². The van der Waals surface area contributed by atoms with Gasteiger partial charge in [0.05, 0.1) is 12.8 Å². The molecule has 1 aromatic heterocycles. The molecule has 0 unspecified atom stereocenters. The van der Waals surface area contributed by atoms with Gasteiger partial charge in [-0.2, -0.15) is 0 Å². The zero-order chi connectivity index (χ0) is 11.2. The molecule has 0 radical (unpaired) electrons. The first-order valence-electron chi connectivity index (χ1n) is 5.05. The number of ether oxygens (including phenoxy) is 2. The average Bonchev–Trinajstić information content (AvgIpc) is 2.38. The van der Waals surface area contributed by atoms with Crippen molar-refractivity contribution < 1.29 is 9.47 Å². The molecule has 0 aliphatic heterocycles. The van der Waals surface area contributed by atoms with Crippen LogP contribution in [0.4, 0.5) is 0 Å². The molecule has 0 aliphatic carbocycles. The van der Waals surface area contributed by atoms with Crippen molar-refractivity contribution >= 4 is 0 Å². The zero-order valence-corrected chi connectivity index (χ0v) is 9.09. The van der Waals surface area contributed by atoms with Gasteiger partial charge in [0.2, 0.25) is 0 Å². The van der Waals surface area contributed by atoms with Gasteiger partial charge in [0.15, 0.2) is 0 Å². The van der Waals surface area contributed by atoms with Crippen LogP contribution in [0.15, 0.2) is 48.7 Å². The van der Waals surface area contributed by atoms with Crippen molar-refractivity contribution in [1.82, 2.24) is 4.98 Å². The molecule has 2 rings (SSSR count). The van der Waals surface area contributed by atoms with E-state index in [0.29, 0.717) is 6.61 Å². The molecular formula is C13H13NO2. The predicted molar refractivity (Wildman–Crippen MR) is 61.6 cm³/mol. The Hall–Kier alpha value is -2.03. The van der Waals surface area contributed by atoms with Crippen molar-refractivity contribution in [2.75, 3.05) is 7.11 Å². The Morgan fingerprint density at radius 1 is 1.06 bits per heavy atom. The lowest BCUT2D eigenvalue weighted by molar-refractivity contribution is 0.299. The highest BCUT2D eigenvalue weighted by Crippen LogP contribution is 2.19. The third-order valence-corrected chi connectivity index (χ3v) is 2.15. The Morgan fingerprint density at radius 3 is 2.69 bits per heavy atom. The summed E-state index contributed by atoms with van der Waals surface area (Å²) in [6, 6.07) is 13.3. The van der Waals surface area contributed by atoms with Gasteiger partial charge in [-0.25, -0.2) is 0 Å². The van der Waals surface area contributed by atoms with Crippen LogP contribution >= 0.6 is 0 Å². The van der Waals surface area contributed by atoms with Gasteiger partial charge >= 0.3 is 0 Å². The van der Waals surface area contributed by atoms with Gasteiger partial charge in [-0.3, -0.25) is 4.98 Å². The van der Waals surface area contributed by atoms with Crippen LogP contribution in [0, 0.1) is 0 Å². The number of hydrogen-bond acceptors (Lipinski definition) is 3. The normalized spacial score (nSPS) is 9.81. The summed E-state index contributed by atoms with van der Waals surface area (Å²) in [4.78, 5) is 4.18. The first kappa shape index (κ1) is 10.5. The number of rotatable bonds is 4. The fourth-order valence-electron chi connectivity index (χ4n) is 1.33. The van der Waals surface area contributed by atoms with Gasteiger partial charge < -0.3 is 9.47 Å². The summed E-state index contributed by atoms with van der Waals surface area (Å²) >= 11 is 0. The maximum absolute atomic E-state index is 5.59. The minimum Gasteiger partial charge on any atom is -0.497 e. The van der Waals surface area contributed by atoms with Crippen LogP contribution in [0.2, 0.25) is 0 Å². The number of pyridine rings is 1. The molecule has 0 saturated heterocycles. The molecule has 1 heterocycles. The molecule has 0 fully saturated rings. The summed E-state index contributed by atoms with van der Waals surface area (Å²) < 4.78 is 10.7. The second-order valence-corrected chi connectivity index (χ2v) is 3.29. The van der Waals surface area contributed by atoms with Gasteiger partial charge in [-0.1, -0.05) is 12.1 Å². The summed E-state index contributed by atoms with van der Waals surface area (Å²) in [5, 5.41) is 0. The lowest BCUT2D eigenvalue weighted by Gasteiger charge is -2.06. The standard InChI is InChI=1S/C13H13NO2/c1-15-12-6-4-7-13(9-12)16-10-11-5-2-3-8-14-11/h2-9H,10H2,1H3. The fourth-order valence-corrected chi connectivity index (χ4v) is 1.33. The summed E-state index contributed by atoms with van der Waals surface area (Å²) in [5.41, 5.74) is 0.908. The highest BCUT2D eigenvalue weighted by molar-refractivity contribution is 5.32. The quantitative estimate of drug-likeness (QED) is 0.785. The maximum atomic E-state index is 5.59. The second-order valence-electron chi connectivity index (χ2n) is 3.29. The summed E-state index contributed by atoms with van der Waals surface area (Å²) in [6.45, 7) is 0.466. The SMILES string of the molecule is COc1cccc(OCc2ccccn2)c1. The Bertz CT molecular complexity index is 443. The van der Waals surface area contributed by atoms with E-state index in [1.165, 1.54) is 0 Å². The number of hydrogen-bond donors (Lipinski definition) is 0. The van der Waals surface area contributed by atoms with E-state index >= 15 is 0 Å². The lowest BCUT2D eigenvalue weighted by atomic mass is 10.3. The second kappa shape index (κ2) is 5.16. The van der Waals surface area contributed by atoms with Crippen molar-refractivity contribution in [3.05, 3.63) is 54.4 Å². The van der Waals surface area contributed by atoms with Gasteiger partial charge in [0.25, 0.3) is 0 Å². The molecule has 3 heteroatoms. The molecule has 0 bridgehead atoms. The van der Waals surface area contributed by atoms with Crippen LogP contribution in [-0.2, 0) is 6.61 Å². The smallest absolute Gasteiger partial charge is 0.130 e. The van der Waals surface area contributed by atoms with Crippen LogP contribution < -0.4 is 9.47 Å². The van der Waals surface area contributed by atoms with Gasteiger partial charge in [-0.15, -0.1) is 0 Å². The number of benzene rings is 1. The van der Waals surface area contributed by atoms with Crippen molar-refractivity contribution in [2.45, 2.75) is 6.61 Å². The highest BCUT2D eigenvalue weighted by atomic mass is 16.5. The summed E-state index contributed by atoms with van der Waals surface area (Å²) in [7, 11) is 1.64. The molecule has 0 spiro atoms. The monoisotopic (exact) mass is 215 g/mol. The van der Waals surface area contributed by atoms with E-state index in [4.69, 9.17) is 9.47 Å².